The van der Waals surface area contributed by atoms with Crippen LogP contribution in [0.4, 0.5) is 0 Å². The van der Waals surface area contributed by atoms with Gasteiger partial charge < -0.3 is 20.5 Å². The molecule has 0 unspecified atom stereocenters. The monoisotopic (exact) mass is 348 g/mol. The zero-order chi connectivity index (χ0) is 18.4. The Labute approximate surface area is 151 Å². The van der Waals surface area contributed by atoms with Gasteiger partial charge in [-0.1, -0.05) is 26.0 Å². The maximum absolute atomic E-state index is 11.9. The van der Waals surface area contributed by atoms with Gasteiger partial charge in [-0.05, 0) is 54.7 Å². The summed E-state index contributed by atoms with van der Waals surface area (Å²) in [6.07, 6.45) is 4.16. The van der Waals surface area contributed by atoms with Gasteiger partial charge in [-0.15, -0.1) is 0 Å². The van der Waals surface area contributed by atoms with Crippen molar-refractivity contribution in [3.05, 3.63) is 29.8 Å². The molecule has 1 fully saturated rings. The highest BCUT2D eigenvalue weighted by Gasteiger charge is 2.44. The average molecular weight is 348 g/mol. The van der Waals surface area contributed by atoms with E-state index >= 15 is 0 Å². The molecule has 0 radical (unpaired) electrons. The second kappa shape index (κ2) is 8.68. The minimum atomic E-state index is -0.112. The molecular weight excluding hydrogens is 316 g/mol. The number of aryl methyl sites for hydroxylation is 1. The lowest BCUT2D eigenvalue weighted by atomic mass is 9.66. The van der Waals surface area contributed by atoms with E-state index in [1.807, 2.05) is 12.1 Å². The molecule has 25 heavy (non-hydrogen) atoms. The minimum Gasteiger partial charge on any atom is -0.497 e. The summed E-state index contributed by atoms with van der Waals surface area (Å²) in [5.41, 5.74) is 6.84. The number of nitrogens with two attached hydrogens (primary N) is 1. The highest BCUT2D eigenvalue weighted by molar-refractivity contribution is 5.78. The first-order valence-corrected chi connectivity index (χ1v) is 9.06. The fourth-order valence-electron chi connectivity index (χ4n) is 3.98. The third-order valence-corrected chi connectivity index (χ3v) is 5.49. The van der Waals surface area contributed by atoms with E-state index in [9.17, 15) is 4.79 Å². The first kappa shape index (κ1) is 19.7. The summed E-state index contributed by atoms with van der Waals surface area (Å²) in [6.45, 7) is 4.43. The Morgan fingerprint density at radius 1 is 1.28 bits per heavy atom. The Kier molecular flexibility index (Phi) is 6.85. The van der Waals surface area contributed by atoms with E-state index in [0.717, 1.165) is 31.4 Å². The van der Waals surface area contributed by atoms with E-state index < -0.39 is 0 Å². The van der Waals surface area contributed by atoms with Crippen LogP contribution in [0.25, 0.3) is 0 Å². The number of amides is 1. The zero-order valence-corrected chi connectivity index (χ0v) is 15.9. The van der Waals surface area contributed by atoms with Crippen LogP contribution in [-0.2, 0) is 16.0 Å². The molecule has 0 heterocycles. The molecule has 0 aliphatic heterocycles. The van der Waals surface area contributed by atoms with Crippen molar-refractivity contribution in [2.45, 2.75) is 51.7 Å². The Hall–Kier alpha value is -1.59. The number of benzene rings is 1. The summed E-state index contributed by atoms with van der Waals surface area (Å²) >= 11 is 0. The molecule has 1 aliphatic rings. The third kappa shape index (κ3) is 4.95. The van der Waals surface area contributed by atoms with Gasteiger partial charge in [-0.3, -0.25) is 4.79 Å². The van der Waals surface area contributed by atoms with E-state index in [-0.39, 0.29) is 30.0 Å². The van der Waals surface area contributed by atoms with Crippen LogP contribution in [0, 0.1) is 11.3 Å². The second-order valence-corrected chi connectivity index (χ2v) is 7.63. The first-order chi connectivity index (χ1) is 11.9. The molecule has 1 amide bonds. The Bertz CT molecular complexity index is 557. The first-order valence-electron chi connectivity index (χ1n) is 9.06. The van der Waals surface area contributed by atoms with E-state index in [4.69, 9.17) is 15.2 Å². The molecule has 1 aromatic rings. The van der Waals surface area contributed by atoms with Gasteiger partial charge in [0.05, 0.1) is 25.8 Å². The van der Waals surface area contributed by atoms with Crippen LogP contribution < -0.4 is 15.8 Å². The molecule has 3 N–H and O–H groups in total. The predicted molar refractivity (Wildman–Crippen MR) is 99.6 cm³/mol. The lowest BCUT2D eigenvalue weighted by molar-refractivity contribution is -0.126. The highest BCUT2D eigenvalue weighted by Crippen LogP contribution is 2.41. The van der Waals surface area contributed by atoms with Crippen LogP contribution in [-0.4, -0.2) is 38.8 Å². The SMILES string of the molecule is COc1ccc(CC[C@@H]2CCC(C)(C)[C@H](OC)[C@H]2NC(=O)CN)cc1. The van der Waals surface area contributed by atoms with Crippen LogP contribution in [0.15, 0.2) is 24.3 Å². The van der Waals surface area contributed by atoms with Gasteiger partial charge in [0.1, 0.15) is 5.75 Å². The lowest BCUT2D eigenvalue weighted by Gasteiger charge is -2.47. The number of hydrogen-bond acceptors (Lipinski definition) is 4. The molecule has 5 nitrogen and oxygen atoms in total. The van der Waals surface area contributed by atoms with Crippen molar-refractivity contribution in [2.75, 3.05) is 20.8 Å². The average Bonchev–Trinajstić information content (AvgIpc) is 2.61. The summed E-state index contributed by atoms with van der Waals surface area (Å²) in [4.78, 5) is 11.9. The standard InChI is InChI=1S/C20H32N2O3/c1-20(2)12-11-15(18(19(20)25-4)22-17(23)13-21)8-5-14-6-9-16(24-3)10-7-14/h6-7,9-10,15,18-19H,5,8,11-13,21H2,1-4H3,(H,22,23)/t15-,18+,19-/m1/s1. The molecule has 140 valence electrons. The van der Waals surface area contributed by atoms with Gasteiger partial charge in [0.15, 0.2) is 0 Å². The largest absolute Gasteiger partial charge is 0.497 e. The summed E-state index contributed by atoms with van der Waals surface area (Å²) < 4.78 is 11.0. The fourth-order valence-corrected chi connectivity index (χ4v) is 3.98. The predicted octanol–water partition coefficient (Wildman–Crippen LogP) is 2.52. The molecular formula is C20H32N2O3. The number of nitrogens with one attached hydrogen (secondary N) is 1. The van der Waals surface area contributed by atoms with Gasteiger partial charge in [0, 0.05) is 7.11 Å². The number of methoxy groups -OCH3 is 2. The molecule has 3 atom stereocenters. The third-order valence-electron chi connectivity index (χ3n) is 5.49. The van der Waals surface area contributed by atoms with Gasteiger partial charge in [-0.25, -0.2) is 0 Å². The molecule has 0 aromatic heterocycles. The normalized spacial score (nSPS) is 25.4. The maximum atomic E-state index is 11.9. The topological polar surface area (TPSA) is 73.6 Å². The molecule has 5 heteroatoms. The molecule has 0 saturated heterocycles. The van der Waals surface area contributed by atoms with Crippen molar-refractivity contribution in [3.8, 4) is 5.75 Å². The summed E-state index contributed by atoms with van der Waals surface area (Å²) in [6, 6.07) is 8.19. The fraction of sp³-hybridized carbons (Fsp3) is 0.650. The summed E-state index contributed by atoms with van der Waals surface area (Å²) in [5, 5.41) is 3.12. The molecule has 1 aromatic carbocycles. The van der Waals surface area contributed by atoms with Crippen molar-refractivity contribution in [1.82, 2.24) is 5.32 Å². The van der Waals surface area contributed by atoms with Crippen LogP contribution in [0.2, 0.25) is 0 Å². The van der Waals surface area contributed by atoms with Gasteiger partial charge in [-0.2, -0.15) is 0 Å². The number of carbonyl (C=O) groups is 1. The number of carbonyl (C=O) groups excluding carboxylic acids is 1. The summed E-state index contributed by atoms with van der Waals surface area (Å²) in [5.74, 6) is 1.14. The Balaban J connectivity index is 2.08. The van der Waals surface area contributed by atoms with Crippen molar-refractivity contribution >= 4 is 5.91 Å². The molecule has 1 saturated carbocycles. The lowest BCUT2D eigenvalue weighted by Crippen LogP contribution is -2.58. The van der Waals surface area contributed by atoms with Crippen molar-refractivity contribution in [1.29, 1.82) is 0 Å². The molecule has 0 spiro atoms. The molecule has 0 bridgehead atoms. The van der Waals surface area contributed by atoms with Gasteiger partial charge in [0.2, 0.25) is 5.91 Å². The zero-order valence-electron chi connectivity index (χ0n) is 15.9. The van der Waals surface area contributed by atoms with Gasteiger partial charge in [0.25, 0.3) is 0 Å². The highest BCUT2D eigenvalue weighted by atomic mass is 16.5. The van der Waals surface area contributed by atoms with Crippen molar-refractivity contribution in [3.63, 3.8) is 0 Å². The molecule has 2 rings (SSSR count). The smallest absolute Gasteiger partial charge is 0.234 e. The Morgan fingerprint density at radius 3 is 2.52 bits per heavy atom. The van der Waals surface area contributed by atoms with Gasteiger partial charge >= 0.3 is 0 Å². The van der Waals surface area contributed by atoms with E-state index in [0.29, 0.717) is 5.92 Å². The maximum Gasteiger partial charge on any atom is 0.234 e. The summed E-state index contributed by atoms with van der Waals surface area (Å²) in [7, 11) is 3.41. The van der Waals surface area contributed by atoms with E-state index in [2.05, 4.69) is 31.3 Å². The minimum absolute atomic E-state index is 0.00221. The number of rotatable bonds is 7. The second-order valence-electron chi connectivity index (χ2n) is 7.63. The van der Waals surface area contributed by atoms with Crippen molar-refractivity contribution < 1.29 is 14.3 Å². The van der Waals surface area contributed by atoms with Crippen molar-refractivity contribution in [2.24, 2.45) is 17.1 Å². The molecule has 1 aliphatic carbocycles. The quantitative estimate of drug-likeness (QED) is 0.794. The van der Waals surface area contributed by atoms with E-state index in [1.54, 1.807) is 14.2 Å². The number of hydrogen-bond donors (Lipinski definition) is 2. The van der Waals surface area contributed by atoms with Crippen LogP contribution in [0.5, 0.6) is 5.75 Å². The van der Waals surface area contributed by atoms with Crippen LogP contribution in [0.1, 0.15) is 38.7 Å². The Morgan fingerprint density at radius 2 is 1.96 bits per heavy atom. The number of ether oxygens (including phenoxy) is 2. The van der Waals surface area contributed by atoms with Crippen LogP contribution in [0.3, 0.4) is 0 Å². The van der Waals surface area contributed by atoms with E-state index in [1.165, 1.54) is 5.56 Å². The van der Waals surface area contributed by atoms with Crippen LogP contribution >= 0.6 is 0 Å².